The molecule has 4 rings (SSSR count). The molecular weight excluding hydrogens is 446 g/mol. The first-order chi connectivity index (χ1) is 15.9. The predicted molar refractivity (Wildman–Crippen MR) is 126 cm³/mol. The molecule has 10 nitrogen and oxygen atoms in total. The number of rotatable bonds is 5. The predicted octanol–water partition coefficient (Wildman–Crippen LogP) is 2.12. The molecule has 0 aliphatic carbocycles. The van der Waals surface area contributed by atoms with Crippen molar-refractivity contribution in [1.29, 1.82) is 0 Å². The van der Waals surface area contributed by atoms with Crippen LogP contribution in [0, 0.1) is 0 Å². The zero-order chi connectivity index (χ0) is 24.1. The van der Waals surface area contributed by atoms with Crippen LogP contribution in [0.5, 0.6) is 5.75 Å². The Bertz CT molecular complexity index is 1270. The van der Waals surface area contributed by atoms with Crippen molar-refractivity contribution in [3.63, 3.8) is 0 Å². The van der Waals surface area contributed by atoms with Gasteiger partial charge in [0.1, 0.15) is 10.6 Å². The van der Waals surface area contributed by atoms with Gasteiger partial charge in [-0.3, -0.25) is 19.2 Å². The summed E-state index contributed by atoms with van der Waals surface area (Å²) in [6, 6.07) is 5.18. The van der Waals surface area contributed by atoms with Crippen molar-refractivity contribution in [2.24, 2.45) is 0 Å². The van der Waals surface area contributed by atoms with Gasteiger partial charge >= 0.3 is 0 Å². The van der Waals surface area contributed by atoms with Crippen LogP contribution in [-0.4, -0.2) is 41.3 Å². The van der Waals surface area contributed by atoms with Crippen molar-refractivity contribution < 1.29 is 19.1 Å². The van der Waals surface area contributed by atoms with E-state index in [0.717, 1.165) is 5.56 Å². The number of H-pyrrole nitrogens is 1. The second kappa shape index (κ2) is 10.3. The van der Waals surface area contributed by atoms with Crippen LogP contribution in [0.1, 0.15) is 48.4 Å². The third kappa shape index (κ3) is 5.03. The number of ether oxygens (including phenoxy) is 1. The number of carbonyl (C=O) groups is 3. The minimum atomic E-state index is -0.550. The highest BCUT2D eigenvalue weighted by atomic mass is 32.1. The summed E-state index contributed by atoms with van der Waals surface area (Å²) in [4.78, 5) is 55.7. The lowest BCUT2D eigenvalue weighted by Gasteiger charge is -2.18. The number of carbonyl (C=O) groups excluding carboxylic acids is 3. The molecule has 1 unspecified atom stereocenters. The summed E-state index contributed by atoms with van der Waals surface area (Å²) < 4.78 is 5.31. The molecule has 0 saturated heterocycles. The molecule has 3 heterocycles. The molecule has 33 heavy (non-hydrogen) atoms. The van der Waals surface area contributed by atoms with Crippen LogP contribution in [0.25, 0.3) is 10.2 Å². The van der Waals surface area contributed by atoms with E-state index in [9.17, 15) is 19.2 Å². The molecule has 0 spiro atoms. The van der Waals surface area contributed by atoms with Crippen molar-refractivity contribution in [3.05, 3.63) is 50.9 Å². The lowest BCUT2D eigenvalue weighted by molar-refractivity contribution is -0.121. The third-order valence-corrected chi connectivity index (χ3v) is 5.81. The quantitative estimate of drug-likeness (QED) is 0.449. The summed E-state index contributed by atoms with van der Waals surface area (Å²) in [6.45, 7) is 5.83. The number of thiophene rings is 1. The average molecular weight is 472 g/mol. The van der Waals surface area contributed by atoms with Gasteiger partial charge in [-0.15, -0.1) is 11.3 Å². The number of aromatic nitrogens is 2. The second-order valence-electron chi connectivity index (χ2n) is 6.97. The molecule has 0 radical (unpaired) electrons. The van der Waals surface area contributed by atoms with E-state index in [4.69, 9.17) is 4.74 Å². The summed E-state index contributed by atoms with van der Waals surface area (Å²) in [5.74, 6) is -1.09. The lowest BCUT2D eigenvalue weighted by Crippen LogP contribution is -2.28. The number of nitrogens with zero attached hydrogens (tertiary/aromatic N) is 1. The smallest absolute Gasteiger partial charge is 0.287 e. The molecule has 3 aromatic rings. The van der Waals surface area contributed by atoms with Crippen LogP contribution in [-0.2, 0) is 16.1 Å². The molecule has 1 aromatic carbocycles. The molecule has 11 heteroatoms. The van der Waals surface area contributed by atoms with Gasteiger partial charge < -0.3 is 25.7 Å². The summed E-state index contributed by atoms with van der Waals surface area (Å²) in [7, 11) is 1.53. The number of fused-ring (bicyclic) bond motifs is 2. The molecular formula is C22H25N5O5S. The van der Waals surface area contributed by atoms with E-state index >= 15 is 0 Å². The van der Waals surface area contributed by atoms with E-state index in [-0.39, 0.29) is 30.8 Å². The summed E-state index contributed by atoms with van der Waals surface area (Å²) in [6.07, 6.45) is 0. The normalized spacial score (nSPS) is 13.0. The van der Waals surface area contributed by atoms with Crippen molar-refractivity contribution >= 4 is 45.0 Å². The number of aromatic amines is 1. The average Bonchev–Trinajstić information content (AvgIpc) is 3.27. The van der Waals surface area contributed by atoms with Gasteiger partial charge in [-0.1, -0.05) is 19.9 Å². The molecule has 2 aromatic heterocycles. The van der Waals surface area contributed by atoms with Gasteiger partial charge in [0.2, 0.25) is 11.7 Å². The van der Waals surface area contributed by atoms with Crippen LogP contribution >= 0.6 is 11.3 Å². The maximum absolute atomic E-state index is 12.6. The van der Waals surface area contributed by atoms with Crippen molar-refractivity contribution in [1.82, 2.24) is 20.6 Å². The fraction of sp³-hybridized carbons (Fsp3) is 0.318. The number of nitrogens with one attached hydrogen (secondary N) is 4. The molecule has 0 bridgehead atoms. The lowest BCUT2D eigenvalue weighted by atomic mass is 10.0. The third-order valence-electron chi connectivity index (χ3n) is 4.92. The van der Waals surface area contributed by atoms with Gasteiger partial charge in [0.15, 0.2) is 6.61 Å². The number of hydrogen-bond donors (Lipinski definition) is 4. The summed E-state index contributed by atoms with van der Waals surface area (Å²) in [5, 5.41) is 9.98. The molecule has 1 atom stereocenters. The minimum Gasteiger partial charge on any atom is -0.482 e. The minimum absolute atomic E-state index is 0.0308. The van der Waals surface area contributed by atoms with E-state index in [1.54, 1.807) is 30.5 Å². The Labute approximate surface area is 193 Å². The van der Waals surface area contributed by atoms with Crippen LogP contribution in [0.4, 0.5) is 5.69 Å². The Kier molecular flexibility index (Phi) is 7.44. The molecule has 3 amide bonds. The van der Waals surface area contributed by atoms with Crippen LogP contribution in [0.2, 0.25) is 0 Å². The zero-order valence-electron chi connectivity index (χ0n) is 18.7. The van der Waals surface area contributed by atoms with Crippen LogP contribution in [0.15, 0.2) is 28.4 Å². The molecule has 1 aliphatic rings. The van der Waals surface area contributed by atoms with Crippen molar-refractivity contribution in [2.45, 2.75) is 33.2 Å². The zero-order valence-corrected chi connectivity index (χ0v) is 19.5. The maximum Gasteiger partial charge on any atom is 0.287 e. The molecule has 0 fully saturated rings. The standard InChI is InChI=1S/C20H19N5O5S.C2H6/c1-9(17(27)21-2)11-8-31-20-15(11)18(28)24-16(25-20)19(29)22-6-10-3-4-13-12(5-10)23-14(26)7-30-13;1-2/h3-5,8-9H,6-7H2,1-2H3,(H,21,27)(H,22,29)(H,23,26)(H,24,25,28);1-2H3. The second-order valence-corrected chi connectivity index (χ2v) is 7.83. The Morgan fingerprint density at radius 1 is 1.27 bits per heavy atom. The topological polar surface area (TPSA) is 142 Å². The monoisotopic (exact) mass is 471 g/mol. The number of hydrogen-bond acceptors (Lipinski definition) is 7. The van der Waals surface area contributed by atoms with Crippen molar-refractivity contribution in [3.8, 4) is 5.75 Å². The SMILES string of the molecule is CC.CNC(=O)C(C)c1csc2nc(C(=O)NCc3ccc4c(c3)NC(=O)CO4)[nH]c(=O)c12. The van der Waals surface area contributed by atoms with E-state index in [1.807, 2.05) is 13.8 Å². The van der Waals surface area contributed by atoms with Crippen LogP contribution < -0.4 is 26.2 Å². The van der Waals surface area contributed by atoms with E-state index < -0.39 is 17.4 Å². The fourth-order valence-electron chi connectivity index (χ4n) is 3.26. The number of amides is 3. The highest BCUT2D eigenvalue weighted by molar-refractivity contribution is 7.17. The first kappa shape index (κ1) is 23.9. The van der Waals surface area contributed by atoms with Gasteiger partial charge in [-0.25, -0.2) is 4.98 Å². The number of anilines is 1. The van der Waals surface area contributed by atoms with Crippen molar-refractivity contribution in [2.75, 3.05) is 19.0 Å². The van der Waals surface area contributed by atoms with Crippen LogP contribution in [0.3, 0.4) is 0 Å². The highest BCUT2D eigenvalue weighted by Crippen LogP contribution is 2.29. The number of benzene rings is 1. The molecule has 174 valence electrons. The first-order valence-corrected chi connectivity index (χ1v) is 11.3. The van der Waals surface area contributed by atoms with E-state index in [2.05, 4.69) is 25.9 Å². The maximum atomic E-state index is 12.6. The fourth-order valence-corrected chi connectivity index (χ4v) is 4.29. The molecule has 1 aliphatic heterocycles. The Morgan fingerprint density at radius 3 is 2.76 bits per heavy atom. The van der Waals surface area contributed by atoms with Gasteiger partial charge in [0, 0.05) is 13.6 Å². The van der Waals surface area contributed by atoms with E-state index in [0.29, 0.717) is 27.2 Å². The van der Waals surface area contributed by atoms with Gasteiger partial charge in [0.25, 0.3) is 17.4 Å². The Balaban J connectivity index is 0.00000149. The number of likely N-dealkylation sites (N-methyl/N-ethyl adjacent to an activating group) is 1. The van der Waals surface area contributed by atoms with Gasteiger partial charge in [0.05, 0.1) is 17.0 Å². The first-order valence-electron chi connectivity index (χ1n) is 10.4. The molecule has 4 N–H and O–H groups in total. The Morgan fingerprint density at radius 2 is 2.03 bits per heavy atom. The van der Waals surface area contributed by atoms with Gasteiger partial charge in [-0.05, 0) is 35.6 Å². The van der Waals surface area contributed by atoms with E-state index in [1.165, 1.54) is 18.4 Å². The highest BCUT2D eigenvalue weighted by Gasteiger charge is 2.22. The summed E-state index contributed by atoms with van der Waals surface area (Å²) >= 11 is 1.20. The Hall–Kier alpha value is -3.73. The summed E-state index contributed by atoms with van der Waals surface area (Å²) in [5.41, 5.74) is 1.36. The molecule has 0 saturated carbocycles. The largest absolute Gasteiger partial charge is 0.482 e. The van der Waals surface area contributed by atoms with Gasteiger partial charge in [-0.2, -0.15) is 0 Å².